The van der Waals surface area contributed by atoms with Crippen LogP contribution >= 0.6 is 11.3 Å². The number of thiophene rings is 1. The van der Waals surface area contributed by atoms with E-state index in [1.54, 1.807) is 30.3 Å². The van der Waals surface area contributed by atoms with E-state index in [2.05, 4.69) is 10.6 Å². The minimum atomic E-state index is -0.223. The number of nitrogens with one attached hydrogen (secondary N) is 2. The molecule has 3 aromatic rings. The third-order valence-electron chi connectivity index (χ3n) is 5.46. The van der Waals surface area contributed by atoms with Crippen LogP contribution in [-0.4, -0.2) is 25.0 Å². The molecular formula is C24H22N2O4S. The Morgan fingerprint density at radius 2 is 1.61 bits per heavy atom. The lowest BCUT2D eigenvalue weighted by atomic mass is 9.95. The molecule has 0 radical (unpaired) electrons. The molecule has 1 aromatic heterocycles. The summed E-state index contributed by atoms with van der Waals surface area (Å²) in [6.45, 7) is 1.00. The van der Waals surface area contributed by atoms with Crippen LogP contribution in [0.3, 0.4) is 0 Å². The average molecular weight is 435 g/mol. The quantitative estimate of drug-likeness (QED) is 0.612. The average Bonchev–Trinajstić information content (AvgIpc) is 3.17. The minimum Gasteiger partial charge on any atom is -0.486 e. The molecule has 2 aliphatic rings. The molecule has 5 rings (SSSR count). The molecule has 0 fully saturated rings. The van der Waals surface area contributed by atoms with Crippen LogP contribution in [-0.2, 0) is 12.8 Å². The van der Waals surface area contributed by atoms with Crippen LogP contribution in [0.2, 0.25) is 0 Å². The SMILES string of the molecule is O=C(Nc1sc2c(c1C(=O)Nc1ccc3c(c1)OCCO3)CCCC2)c1ccccc1. The molecule has 0 saturated carbocycles. The molecule has 0 unspecified atom stereocenters. The second-order valence-corrected chi connectivity index (χ2v) is 8.65. The third-order valence-corrected chi connectivity index (χ3v) is 6.67. The predicted octanol–water partition coefficient (Wildman–Crippen LogP) is 4.90. The van der Waals surface area contributed by atoms with Crippen molar-refractivity contribution in [3.8, 4) is 11.5 Å². The van der Waals surface area contributed by atoms with Gasteiger partial charge in [0.05, 0.1) is 5.56 Å². The number of benzene rings is 2. The highest BCUT2D eigenvalue weighted by Crippen LogP contribution is 2.39. The Morgan fingerprint density at radius 3 is 2.45 bits per heavy atom. The molecule has 2 heterocycles. The second-order valence-electron chi connectivity index (χ2n) is 7.55. The zero-order valence-electron chi connectivity index (χ0n) is 16.9. The van der Waals surface area contributed by atoms with Crippen molar-refractivity contribution in [3.05, 3.63) is 70.1 Å². The molecule has 2 aromatic carbocycles. The zero-order valence-corrected chi connectivity index (χ0v) is 17.7. The van der Waals surface area contributed by atoms with E-state index in [-0.39, 0.29) is 11.8 Å². The monoisotopic (exact) mass is 434 g/mol. The van der Waals surface area contributed by atoms with Crippen LogP contribution in [0.25, 0.3) is 0 Å². The third kappa shape index (κ3) is 4.01. The van der Waals surface area contributed by atoms with Gasteiger partial charge in [0.2, 0.25) is 0 Å². The van der Waals surface area contributed by atoms with E-state index in [1.807, 2.05) is 18.2 Å². The fraction of sp³-hybridized carbons (Fsp3) is 0.250. The first kappa shape index (κ1) is 19.6. The van der Waals surface area contributed by atoms with Gasteiger partial charge in [0.25, 0.3) is 11.8 Å². The molecule has 2 N–H and O–H groups in total. The number of rotatable bonds is 4. The van der Waals surface area contributed by atoms with Gasteiger partial charge in [0.15, 0.2) is 11.5 Å². The topological polar surface area (TPSA) is 76.7 Å². The standard InChI is InChI=1S/C24H22N2O4S/c27-22(15-6-2-1-3-7-15)26-24-21(17-8-4-5-9-20(17)31-24)23(28)25-16-10-11-18-19(14-16)30-13-12-29-18/h1-3,6-7,10-11,14H,4-5,8-9,12-13H2,(H,25,28)(H,26,27). The van der Waals surface area contributed by atoms with E-state index in [0.717, 1.165) is 31.2 Å². The minimum absolute atomic E-state index is 0.215. The van der Waals surface area contributed by atoms with Crippen LogP contribution in [0, 0.1) is 0 Å². The number of carbonyl (C=O) groups is 2. The van der Waals surface area contributed by atoms with E-state index in [9.17, 15) is 9.59 Å². The highest BCUT2D eigenvalue weighted by Gasteiger charge is 2.27. The molecule has 158 valence electrons. The van der Waals surface area contributed by atoms with Gasteiger partial charge in [-0.05, 0) is 55.5 Å². The number of carbonyl (C=O) groups excluding carboxylic acids is 2. The number of ether oxygens (including phenoxy) is 2. The van der Waals surface area contributed by atoms with E-state index < -0.39 is 0 Å². The molecule has 0 spiro atoms. The maximum absolute atomic E-state index is 13.3. The summed E-state index contributed by atoms with van der Waals surface area (Å²) in [6.07, 6.45) is 3.92. The van der Waals surface area contributed by atoms with Crippen molar-refractivity contribution in [2.45, 2.75) is 25.7 Å². The fourth-order valence-corrected chi connectivity index (χ4v) is 5.26. The Morgan fingerprint density at radius 1 is 0.839 bits per heavy atom. The number of hydrogen-bond donors (Lipinski definition) is 2. The first-order valence-corrected chi connectivity index (χ1v) is 11.2. The Bertz CT molecular complexity index is 1140. The molecule has 2 amide bonds. The first-order valence-electron chi connectivity index (χ1n) is 10.4. The lowest BCUT2D eigenvalue weighted by Crippen LogP contribution is -2.19. The van der Waals surface area contributed by atoms with Gasteiger partial charge >= 0.3 is 0 Å². The Kier molecular flexibility index (Phi) is 5.34. The number of fused-ring (bicyclic) bond motifs is 2. The summed E-state index contributed by atoms with van der Waals surface area (Å²) in [5.74, 6) is 0.856. The lowest BCUT2D eigenvalue weighted by molar-refractivity contribution is 0.102. The molecule has 0 bridgehead atoms. The smallest absolute Gasteiger partial charge is 0.258 e. The van der Waals surface area contributed by atoms with Crippen LogP contribution in [0.5, 0.6) is 11.5 Å². The summed E-state index contributed by atoms with van der Waals surface area (Å²) in [6, 6.07) is 14.4. The Balaban J connectivity index is 1.44. The normalized spacial score (nSPS) is 14.5. The molecule has 31 heavy (non-hydrogen) atoms. The molecule has 1 aliphatic heterocycles. The molecular weight excluding hydrogens is 412 g/mol. The van der Waals surface area contributed by atoms with Crippen molar-refractivity contribution in [1.29, 1.82) is 0 Å². The van der Waals surface area contributed by atoms with Crippen molar-refractivity contribution in [1.82, 2.24) is 0 Å². The maximum atomic E-state index is 13.3. The number of aryl methyl sites for hydroxylation is 1. The van der Waals surface area contributed by atoms with Crippen molar-refractivity contribution >= 4 is 33.8 Å². The van der Waals surface area contributed by atoms with Crippen LogP contribution in [0.15, 0.2) is 48.5 Å². The van der Waals surface area contributed by atoms with Crippen molar-refractivity contribution < 1.29 is 19.1 Å². The van der Waals surface area contributed by atoms with Crippen LogP contribution in [0.1, 0.15) is 44.0 Å². The molecule has 7 heteroatoms. The molecule has 0 atom stereocenters. The summed E-state index contributed by atoms with van der Waals surface area (Å²) in [5.41, 5.74) is 2.81. The summed E-state index contributed by atoms with van der Waals surface area (Å²) in [7, 11) is 0. The maximum Gasteiger partial charge on any atom is 0.258 e. The number of amides is 2. The van der Waals surface area contributed by atoms with Crippen molar-refractivity contribution in [3.63, 3.8) is 0 Å². The molecule has 1 aliphatic carbocycles. The second kappa shape index (κ2) is 8.43. The Hall–Kier alpha value is -3.32. The van der Waals surface area contributed by atoms with Crippen molar-refractivity contribution in [2.75, 3.05) is 23.8 Å². The molecule has 6 nitrogen and oxygen atoms in total. The fourth-order valence-electron chi connectivity index (χ4n) is 3.97. The van der Waals surface area contributed by atoms with E-state index in [1.165, 1.54) is 16.2 Å². The Labute approximate surface area is 184 Å². The van der Waals surface area contributed by atoms with Gasteiger partial charge in [-0.2, -0.15) is 0 Å². The van der Waals surface area contributed by atoms with Gasteiger partial charge < -0.3 is 20.1 Å². The van der Waals surface area contributed by atoms with E-state index in [4.69, 9.17) is 9.47 Å². The number of anilines is 2. The zero-order chi connectivity index (χ0) is 21.2. The van der Waals surface area contributed by atoms with Crippen molar-refractivity contribution in [2.24, 2.45) is 0 Å². The van der Waals surface area contributed by atoms with Gasteiger partial charge in [-0.25, -0.2) is 0 Å². The summed E-state index contributed by atoms with van der Waals surface area (Å²) >= 11 is 1.51. The van der Waals surface area contributed by atoms with Gasteiger partial charge in [0, 0.05) is 22.2 Å². The van der Waals surface area contributed by atoms with Gasteiger partial charge in [-0.1, -0.05) is 18.2 Å². The number of hydrogen-bond acceptors (Lipinski definition) is 5. The first-order chi connectivity index (χ1) is 15.2. The van der Waals surface area contributed by atoms with Crippen LogP contribution in [0.4, 0.5) is 10.7 Å². The van der Waals surface area contributed by atoms with E-state index >= 15 is 0 Å². The predicted molar refractivity (Wildman–Crippen MR) is 121 cm³/mol. The van der Waals surface area contributed by atoms with Gasteiger partial charge in [-0.3, -0.25) is 9.59 Å². The highest BCUT2D eigenvalue weighted by atomic mass is 32.1. The van der Waals surface area contributed by atoms with Crippen LogP contribution < -0.4 is 20.1 Å². The molecule has 0 saturated heterocycles. The summed E-state index contributed by atoms with van der Waals surface area (Å²) in [5, 5.41) is 6.56. The summed E-state index contributed by atoms with van der Waals surface area (Å²) < 4.78 is 11.2. The largest absolute Gasteiger partial charge is 0.486 e. The van der Waals surface area contributed by atoms with Gasteiger partial charge in [0.1, 0.15) is 18.2 Å². The van der Waals surface area contributed by atoms with Gasteiger partial charge in [-0.15, -0.1) is 11.3 Å². The summed E-state index contributed by atoms with van der Waals surface area (Å²) in [4.78, 5) is 27.3. The lowest BCUT2D eigenvalue weighted by Gasteiger charge is -2.19. The van der Waals surface area contributed by atoms with E-state index in [0.29, 0.717) is 46.5 Å². The highest BCUT2D eigenvalue weighted by molar-refractivity contribution is 7.17.